The zero-order valence-corrected chi connectivity index (χ0v) is 13.1. The Morgan fingerprint density at radius 2 is 1.87 bits per heavy atom. The maximum Gasteiger partial charge on any atom is 0.292 e. The number of nitrogens with one attached hydrogen (secondary N) is 2. The summed E-state index contributed by atoms with van der Waals surface area (Å²) in [6, 6.07) is 12.2. The molecule has 0 fully saturated rings. The Hall–Kier alpha value is -2.89. The number of para-hydroxylation sites is 2. The summed E-state index contributed by atoms with van der Waals surface area (Å²) in [5.74, 6) is -0.134. The summed E-state index contributed by atoms with van der Waals surface area (Å²) in [5.41, 5.74) is 3.28. The molecule has 2 aromatic carbocycles. The van der Waals surface area contributed by atoms with E-state index in [-0.39, 0.29) is 18.0 Å². The van der Waals surface area contributed by atoms with Gasteiger partial charge in [-0.1, -0.05) is 24.3 Å². The molecule has 23 heavy (non-hydrogen) atoms. The molecule has 0 radical (unpaired) electrons. The molecule has 0 heterocycles. The van der Waals surface area contributed by atoms with Gasteiger partial charge in [-0.05, 0) is 37.1 Å². The van der Waals surface area contributed by atoms with Gasteiger partial charge in [-0.15, -0.1) is 0 Å². The van der Waals surface area contributed by atoms with Crippen LogP contribution in [-0.2, 0) is 4.79 Å². The van der Waals surface area contributed by atoms with Crippen molar-refractivity contribution in [2.75, 3.05) is 17.2 Å². The van der Waals surface area contributed by atoms with E-state index in [4.69, 9.17) is 0 Å². The second-order valence-corrected chi connectivity index (χ2v) is 5.32. The maximum absolute atomic E-state index is 12.0. The van der Waals surface area contributed by atoms with Gasteiger partial charge in [0.1, 0.15) is 5.69 Å². The minimum Gasteiger partial charge on any atom is -0.379 e. The van der Waals surface area contributed by atoms with Crippen LogP contribution in [0.15, 0.2) is 42.5 Å². The predicted octanol–water partition coefficient (Wildman–Crippen LogP) is 3.65. The third kappa shape index (κ3) is 4.54. The maximum atomic E-state index is 12.0. The fraction of sp³-hybridized carbons (Fsp3) is 0.235. The Kier molecular flexibility index (Phi) is 5.30. The quantitative estimate of drug-likeness (QED) is 0.629. The zero-order chi connectivity index (χ0) is 16.8. The lowest BCUT2D eigenvalue weighted by Gasteiger charge is -2.10. The molecule has 6 heteroatoms. The number of rotatable bonds is 6. The molecular weight excluding hydrogens is 294 g/mol. The number of nitrogens with zero attached hydrogens (tertiary/aromatic N) is 1. The molecule has 0 saturated heterocycles. The molecule has 0 aliphatic rings. The summed E-state index contributed by atoms with van der Waals surface area (Å²) in [7, 11) is 0. The standard InChI is InChI=1S/C17H19N3O3/c1-12-7-8-13(2)15(11-12)19-17(21)9-10-18-14-5-3-4-6-16(14)20(22)23/h3-8,11,18H,9-10H2,1-2H3,(H,19,21). The molecule has 0 atom stereocenters. The van der Waals surface area contributed by atoms with E-state index in [1.165, 1.54) is 6.07 Å². The number of hydrogen-bond acceptors (Lipinski definition) is 4. The van der Waals surface area contributed by atoms with Crippen molar-refractivity contribution in [3.8, 4) is 0 Å². The van der Waals surface area contributed by atoms with Crippen molar-refractivity contribution >= 4 is 23.0 Å². The van der Waals surface area contributed by atoms with Gasteiger partial charge < -0.3 is 10.6 Å². The van der Waals surface area contributed by atoms with Gasteiger partial charge in [-0.2, -0.15) is 0 Å². The first-order chi connectivity index (χ1) is 11.0. The minimum absolute atomic E-state index is 0.00226. The summed E-state index contributed by atoms with van der Waals surface area (Å²) >= 11 is 0. The molecule has 0 aromatic heterocycles. The zero-order valence-electron chi connectivity index (χ0n) is 13.1. The highest BCUT2D eigenvalue weighted by atomic mass is 16.6. The van der Waals surface area contributed by atoms with Crippen molar-refractivity contribution < 1.29 is 9.72 Å². The lowest BCUT2D eigenvalue weighted by molar-refractivity contribution is -0.384. The molecular formula is C17H19N3O3. The largest absolute Gasteiger partial charge is 0.379 e. The van der Waals surface area contributed by atoms with E-state index in [1.54, 1.807) is 18.2 Å². The average molecular weight is 313 g/mol. The number of amides is 1. The van der Waals surface area contributed by atoms with E-state index < -0.39 is 4.92 Å². The van der Waals surface area contributed by atoms with Crippen molar-refractivity contribution in [1.82, 2.24) is 0 Å². The molecule has 0 aliphatic carbocycles. The van der Waals surface area contributed by atoms with E-state index in [2.05, 4.69) is 10.6 Å². The van der Waals surface area contributed by atoms with Crippen molar-refractivity contribution in [2.24, 2.45) is 0 Å². The second-order valence-electron chi connectivity index (χ2n) is 5.32. The van der Waals surface area contributed by atoms with E-state index in [1.807, 2.05) is 32.0 Å². The third-order valence-electron chi connectivity index (χ3n) is 3.44. The number of carbonyl (C=O) groups excluding carboxylic acids is 1. The monoisotopic (exact) mass is 313 g/mol. The molecule has 2 aromatic rings. The topological polar surface area (TPSA) is 84.3 Å². The van der Waals surface area contributed by atoms with Gasteiger partial charge in [0, 0.05) is 24.7 Å². The first-order valence-electron chi connectivity index (χ1n) is 7.32. The fourth-order valence-electron chi connectivity index (χ4n) is 2.18. The fourth-order valence-corrected chi connectivity index (χ4v) is 2.18. The van der Waals surface area contributed by atoms with Crippen LogP contribution >= 0.6 is 0 Å². The number of nitro groups is 1. The predicted molar refractivity (Wildman–Crippen MR) is 90.7 cm³/mol. The number of anilines is 2. The van der Waals surface area contributed by atoms with E-state index in [9.17, 15) is 14.9 Å². The van der Waals surface area contributed by atoms with Crippen molar-refractivity contribution in [3.63, 3.8) is 0 Å². The van der Waals surface area contributed by atoms with Crippen LogP contribution in [-0.4, -0.2) is 17.4 Å². The molecule has 6 nitrogen and oxygen atoms in total. The summed E-state index contributed by atoms with van der Waals surface area (Å²) in [4.78, 5) is 22.5. The lowest BCUT2D eigenvalue weighted by atomic mass is 10.1. The lowest BCUT2D eigenvalue weighted by Crippen LogP contribution is -2.17. The summed E-state index contributed by atoms with van der Waals surface area (Å²) in [6.07, 6.45) is 0.222. The van der Waals surface area contributed by atoms with Gasteiger partial charge in [0.25, 0.3) is 5.69 Å². The normalized spacial score (nSPS) is 10.2. The number of benzene rings is 2. The van der Waals surface area contributed by atoms with E-state index >= 15 is 0 Å². The summed E-state index contributed by atoms with van der Waals surface area (Å²) < 4.78 is 0. The average Bonchev–Trinajstić information content (AvgIpc) is 2.51. The Balaban J connectivity index is 1.90. The van der Waals surface area contributed by atoms with Gasteiger partial charge in [0.2, 0.25) is 5.91 Å². The van der Waals surface area contributed by atoms with Gasteiger partial charge >= 0.3 is 0 Å². The number of aryl methyl sites for hydroxylation is 2. The van der Waals surface area contributed by atoms with Gasteiger partial charge in [-0.3, -0.25) is 14.9 Å². The van der Waals surface area contributed by atoms with E-state index in [0.29, 0.717) is 12.2 Å². The molecule has 0 saturated carbocycles. The molecule has 0 spiro atoms. The van der Waals surface area contributed by atoms with Crippen molar-refractivity contribution in [3.05, 3.63) is 63.7 Å². The van der Waals surface area contributed by atoms with Gasteiger partial charge in [0.05, 0.1) is 4.92 Å². The highest BCUT2D eigenvalue weighted by Gasteiger charge is 2.12. The van der Waals surface area contributed by atoms with Crippen molar-refractivity contribution in [1.29, 1.82) is 0 Å². The summed E-state index contributed by atoms with van der Waals surface area (Å²) in [5, 5.41) is 16.7. The highest BCUT2D eigenvalue weighted by Crippen LogP contribution is 2.23. The van der Waals surface area contributed by atoms with Crippen LogP contribution in [0.3, 0.4) is 0 Å². The minimum atomic E-state index is -0.446. The Morgan fingerprint density at radius 3 is 2.61 bits per heavy atom. The number of hydrogen-bond donors (Lipinski definition) is 2. The first-order valence-corrected chi connectivity index (χ1v) is 7.32. The first kappa shape index (κ1) is 16.5. The Labute approximate surface area is 134 Å². The molecule has 2 rings (SSSR count). The molecule has 2 N–H and O–H groups in total. The SMILES string of the molecule is Cc1ccc(C)c(NC(=O)CCNc2ccccc2[N+](=O)[O-])c1. The van der Waals surface area contributed by atoms with Crippen LogP contribution < -0.4 is 10.6 Å². The van der Waals surface area contributed by atoms with Crippen LogP contribution in [0.4, 0.5) is 17.1 Å². The number of nitro benzene ring substituents is 1. The molecule has 0 unspecified atom stereocenters. The van der Waals surface area contributed by atoms with Crippen LogP contribution in [0.1, 0.15) is 17.5 Å². The molecule has 0 bridgehead atoms. The van der Waals surface area contributed by atoms with Gasteiger partial charge in [-0.25, -0.2) is 0 Å². The van der Waals surface area contributed by atoms with E-state index in [0.717, 1.165) is 16.8 Å². The second kappa shape index (κ2) is 7.40. The highest BCUT2D eigenvalue weighted by molar-refractivity contribution is 5.91. The van der Waals surface area contributed by atoms with Gasteiger partial charge in [0.15, 0.2) is 0 Å². The van der Waals surface area contributed by atoms with Crippen LogP contribution in [0.2, 0.25) is 0 Å². The third-order valence-corrected chi connectivity index (χ3v) is 3.44. The van der Waals surface area contributed by atoms with Crippen LogP contribution in [0.5, 0.6) is 0 Å². The number of carbonyl (C=O) groups is 1. The Bertz CT molecular complexity index is 729. The molecule has 120 valence electrons. The van der Waals surface area contributed by atoms with Crippen LogP contribution in [0.25, 0.3) is 0 Å². The Morgan fingerprint density at radius 1 is 1.13 bits per heavy atom. The molecule has 1 amide bonds. The van der Waals surface area contributed by atoms with Crippen LogP contribution in [0, 0.1) is 24.0 Å². The smallest absolute Gasteiger partial charge is 0.292 e. The molecule has 0 aliphatic heterocycles. The summed E-state index contributed by atoms with van der Waals surface area (Å²) in [6.45, 7) is 4.22. The van der Waals surface area contributed by atoms with Crippen molar-refractivity contribution in [2.45, 2.75) is 20.3 Å².